The molecular weight excluding hydrogens is 186 g/mol. The van der Waals surface area contributed by atoms with Crippen molar-refractivity contribution >= 4 is 5.69 Å². The first-order valence-corrected chi connectivity index (χ1v) is 3.87. The minimum Gasteiger partial charge on any atom is -0.478 e. The van der Waals surface area contributed by atoms with Crippen molar-refractivity contribution in [2.24, 2.45) is 0 Å². The maximum absolute atomic E-state index is 10.4. The maximum atomic E-state index is 10.4. The lowest BCUT2D eigenvalue weighted by Gasteiger charge is -2.01. The second-order valence-corrected chi connectivity index (χ2v) is 2.32. The molecule has 72 valence electrons. The van der Waals surface area contributed by atoms with E-state index in [-0.39, 0.29) is 17.3 Å². The highest BCUT2D eigenvalue weighted by atomic mass is 16.6. The van der Waals surface area contributed by atoms with Crippen molar-refractivity contribution in [1.82, 2.24) is 4.98 Å². The van der Waals surface area contributed by atoms with E-state index in [1.807, 2.05) is 0 Å². The van der Waals surface area contributed by atoms with Crippen LogP contribution in [-0.2, 0) is 0 Å². The van der Waals surface area contributed by atoms with Gasteiger partial charge in [0.2, 0.25) is 11.6 Å². The number of pyridine rings is 1. The zero-order chi connectivity index (χ0) is 10.6. The van der Waals surface area contributed by atoms with Crippen molar-refractivity contribution in [1.29, 1.82) is 5.26 Å². The van der Waals surface area contributed by atoms with Crippen LogP contribution in [0.4, 0.5) is 5.69 Å². The van der Waals surface area contributed by atoms with E-state index in [2.05, 4.69) is 4.98 Å². The quantitative estimate of drug-likeness (QED) is 0.532. The molecule has 0 atom stereocenters. The lowest BCUT2D eigenvalue weighted by molar-refractivity contribution is -0.385. The van der Waals surface area contributed by atoms with Crippen molar-refractivity contribution in [2.45, 2.75) is 6.92 Å². The van der Waals surface area contributed by atoms with Gasteiger partial charge in [-0.15, -0.1) is 0 Å². The fourth-order valence-electron chi connectivity index (χ4n) is 0.892. The Bertz CT molecular complexity index is 397. The zero-order valence-electron chi connectivity index (χ0n) is 7.43. The second-order valence-electron chi connectivity index (χ2n) is 2.32. The van der Waals surface area contributed by atoms with E-state index >= 15 is 0 Å². The summed E-state index contributed by atoms with van der Waals surface area (Å²) >= 11 is 0. The van der Waals surface area contributed by atoms with Crippen LogP contribution in [0.1, 0.15) is 12.6 Å². The van der Waals surface area contributed by atoms with Crippen molar-refractivity contribution in [3.63, 3.8) is 0 Å². The van der Waals surface area contributed by atoms with Crippen molar-refractivity contribution < 1.29 is 9.66 Å². The van der Waals surface area contributed by atoms with Gasteiger partial charge in [0.25, 0.3) is 0 Å². The van der Waals surface area contributed by atoms with Gasteiger partial charge in [0, 0.05) is 12.1 Å². The average molecular weight is 193 g/mol. The number of hydrogen-bond acceptors (Lipinski definition) is 5. The van der Waals surface area contributed by atoms with E-state index in [1.54, 1.807) is 13.0 Å². The highest BCUT2D eigenvalue weighted by Crippen LogP contribution is 2.18. The Morgan fingerprint density at radius 3 is 2.93 bits per heavy atom. The molecule has 1 heterocycles. The molecule has 0 aliphatic heterocycles. The molecule has 0 N–H and O–H groups in total. The average Bonchev–Trinajstić information content (AvgIpc) is 2.17. The monoisotopic (exact) mass is 193 g/mol. The number of hydrogen-bond donors (Lipinski definition) is 0. The molecule has 6 heteroatoms. The van der Waals surface area contributed by atoms with Crippen molar-refractivity contribution in [3.05, 3.63) is 27.9 Å². The van der Waals surface area contributed by atoms with E-state index in [1.165, 1.54) is 12.1 Å². The summed E-state index contributed by atoms with van der Waals surface area (Å²) < 4.78 is 5.00. The molecule has 0 aliphatic carbocycles. The van der Waals surface area contributed by atoms with Crippen LogP contribution in [0.3, 0.4) is 0 Å². The van der Waals surface area contributed by atoms with Crippen molar-refractivity contribution in [2.75, 3.05) is 6.61 Å². The molecule has 0 bridgehead atoms. The Balaban J connectivity index is 3.13. The smallest absolute Gasteiger partial charge is 0.305 e. The van der Waals surface area contributed by atoms with Gasteiger partial charge >= 0.3 is 5.69 Å². The molecule has 1 aromatic heterocycles. The van der Waals surface area contributed by atoms with Gasteiger partial charge in [-0.2, -0.15) is 10.2 Å². The fourth-order valence-corrected chi connectivity index (χ4v) is 0.892. The van der Waals surface area contributed by atoms with Gasteiger partial charge < -0.3 is 4.74 Å². The SMILES string of the molecule is CCOc1ccc([N+](=O)[O-])c(C#N)n1. The van der Waals surface area contributed by atoms with Crippen molar-refractivity contribution in [3.8, 4) is 11.9 Å². The van der Waals surface area contributed by atoms with Crippen LogP contribution < -0.4 is 4.74 Å². The molecule has 0 saturated carbocycles. The summed E-state index contributed by atoms with van der Waals surface area (Å²) in [5.41, 5.74) is -0.545. The first-order valence-electron chi connectivity index (χ1n) is 3.87. The molecule has 0 radical (unpaired) electrons. The van der Waals surface area contributed by atoms with E-state index in [0.29, 0.717) is 6.61 Å². The summed E-state index contributed by atoms with van der Waals surface area (Å²) in [5, 5.41) is 19.0. The van der Waals surface area contributed by atoms with Gasteiger partial charge in [-0.3, -0.25) is 10.1 Å². The van der Waals surface area contributed by atoms with Crippen LogP contribution >= 0.6 is 0 Å². The number of nitriles is 1. The molecular formula is C8H7N3O3. The highest BCUT2D eigenvalue weighted by molar-refractivity contribution is 5.45. The summed E-state index contributed by atoms with van der Waals surface area (Å²) in [7, 11) is 0. The Kier molecular flexibility index (Phi) is 2.97. The lowest BCUT2D eigenvalue weighted by atomic mass is 10.3. The third-order valence-electron chi connectivity index (χ3n) is 1.44. The van der Waals surface area contributed by atoms with Crippen LogP contribution in [0.25, 0.3) is 0 Å². The van der Waals surface area contributed by atoms with Crippen LogP contribution in [0, 0.1) is 21.4 Å². The molecule has 0 fully saturated rings. The molecule has 0 unspecified atom stereocenters. The zero-order valence-corrected chi connectivity index (χ0v) is 7.43. The molecule has 0 aliphatic rings. The van der Waals surface area contributed by atoms with Crippen LogP contribution in [0.2, 0.25) is 0 Å². The summed E-state index contributed by atoms with van der Waals surface area (Å²) in [5.74, 6) is 0.217. The number of rotatable bonds is 3. The molecule has 0 spiro atoms. The first kappa shape index (κ1) is 9.92. The Morgan fingerprint density at radius 1 is 1.71 bits per heavy atom. The Hall–Kier alpha value is -2.16. The minimum absolute atomic E-state index is 0.217. The lowest BCUT2D eigenvalue weighted by Crippen LogP contribution is -1.99. The standard InChI is InChI=1S/C8H7N3O3/c1-2-14-8-4-3-7(11(12)13)6(5-9)10-8/h3-4H,2H2,1H3. The van der Waals surface area contributed by atoms with E-state index in [4.69, 9.17) is 10.00 Å². The predicted molar refractivity (Wildman–Crippen MR) is 46.8 cm³/mol. The third-order valence-corrected chi connectivity index (χ3v) is 1.44. The molecule has 0 amide bonds. The molecule has 6 nitrogen and oxygen atoms in total. The topological polar surface area (TPSA) is 89.0 Å². The first-order chi connectivity index (χ1) is 6.69. The van der Waals surface area contributed by atoms with E-state index < -0.39 is 4.92 Å². The minimum atomic E-state index is -0.652. The maximum Gasteiger partial charge on any atom is 0.305 e. The van der Waals surface area contributed by atoms with Crippen LogP contribution in [-0.4, -0.2) is 16.5 Å². The Labute approximate surface area is 79.9 Å². The molecule has 14 heavy (non-hydrogen) atoms. The van der Waals surface area contributed by atoms with Gasteiger partial charge in [0.1, 0.15) is 6.07 Å². The molecule has 0 aromatic carbocycles. The van der Waals surface area contributed by atoms with Gasteiger partial charge in [0.05, 0.1) is 11.5 Å². The molecule has 1 rings (SSSR count). The normalized spacial score (nSPS) is 9.14. The Morgan fingerprint density at radius 2 is 2.43 bits per heavy atom. The summed E-state index contributed by atoms with van der Waals surface area (Å²) in [6, 6.07) is 4.21. The van der Waals surface area contributed by atoms with Gasteiger partial charge in [-0.1, -0.05) is 0 Å². The fraction of sp³-hybridized carbons (Fsp3) is 0.250. The molecule has 1 aromatic rings. The van der Waals surface area contributed by atoms with Gasteiger partial charge in [0.15, 0.2) is 0 Å². The third kappa shape index (κ3) is 1.95. The summed E-state index contributed by atoms with van der Waals surface area (Å²) in [4.78, 5) is 13.4. The predicted octanol–water partition coefficient (Wildman–Crippen LogP) is 1.26. The number of nitrogens with zero attached hydrogens (tertiary/aromatic N) is 3. The van der Waals surface area contributed by atoms with Gasteiger partial charge in [-0.05, 0) is 6.92 Å². The summed E-state index contributed by atoms with van der Waals surface area (Å²) in [6.45, 7) is 2.16. The summed E-state index contributed by atoms with van der Waals surface area (Å²) in [6.07, 6.45) is 0. The van der Waals surface area contributed by atoms with Crippen LogP contribution in [0.15, 0.2) is 12.1 Å². The molecule has 0 saturated heterocycles. The van der Waals surface area contributed by atoms with Gasteiger partial charge in [-0.25, -0.2) is 0 Å². The highest BCUT2D eigenvalue weighted by Gasteiger charge is 2.15. The second kappa shape index (κ2) is 4.18. The van der Waals surface area contributed by atoms with Crippen LogP contribution in [0.5, 0.6) is 5.88 Å². The number of aromatic nitrogens is 1. The van der Waals surface area contributed by atoms with E-state index in [0.717, 1.165) is 0 Å². The largest absolute Gasteiger partial charge is 0.478 e. The number of ether oxygens (including phenoxy) is 1. The van der Waals surface area contributed by atoms with E-state index in [9.17, 15) is 10.1 Å². The number of nitro groups is 1.